The summed E-state index contributed by atoms with van der Waals surface area (Å²) in [5, 5.41) is 0. The molecule has 1 fully saturated rings. The highest BCUT2D eigenvalue weighted by Gasteiger charge is 2.20. The second-order valence-electron chi connectivity index (χ2n) is 8.17. The van der Waals surface area contributed by atoms with Gasteiger partial charge in [0, 0.05) is 32.9 Å². The van der Waals surface area contributed by atoms with Gasteiger partial charge < -0.3 is 24.9 Å². The number of nitrogens with one attached hydrogen (secondary N) is 1. The van der Waals surface area contributed by atoms with E-state index in [1.165, 1.54) is 5.56 Å². The molecule has 0 amide bonds. The summed E-state index contributed by atoms with van der Waals surface area (Å²) in [7, 11) is 1.58. The predicted molar refractivity (Wildman–Crippen MR) is 125 cm³/mol. The minimum Gasteiger partial charge on any atom is -0.461 e. The number of nitrogens with zero attached hydrogens (tertiary/aromatic N) is 4. The van der Waals surface area contributed by atoms with E-state index in [2.05, 4.69) is 51.0 Å². The number of nitrogen functional groups attached to an aromatic ring is 1. The first-order valence-electron chi connectivity index (χ1n) is 11.4. The van der Waals surface area contributed by atoms with Crippen LogP contribution in [0.1, 0.15) is 30.9 Å². The fraction of sp³-hybridized carbons (Fsp3) is 0.522. The van der Waals surface area contributed by atoms with Crippen LogP contribution in [0.25, 0.3) is 11.2 Å². The summed E-state index contributed by atoms with van der Waals surface area (Å²) in [6, 6.07) is 9.05. The van der Waals surface area contributed by atoms with Crippen LogP contribution >= 0.6 is 0 Å². The van der Waals surface area contributed by atoms with Gasteiger partial charge in [-0.1, -0.05) is 31.2 Å². The Labute approximate surface area is 192 Å². The summed E-state index contributed by atoms with van der Waals surface area (Å²) < 4.78 is 17.5. The third-order valence-corrected chi connectivity index (χ3v) is 6.01. The lowest BCUT2D eigenvalue weighted by atomic mass is 10.1. The van der Waals surface area contributed by atoms with Gasteiger partial charge in [0.15, 0.2) is 11.5 Å². The molecule has 2 aromatic heterocycles. The average molecular weight is 457 g/mol. The molecule has 0 unspecified atom stereocenters. The predicted octanol–water partition coefficient (Wildman–Crippen LogP) is 1.78. The molecular weight excluding hydrogens is 424 g/mol. The number of hydrogen-bond donors (Lipinski definition) is 2. The third kappa shape index (κ3) is 5.52. The van der Waals surface area contributed by atoms with Gasteiger partial charge in [0.2, 0.25) is 0 Å². The summed E-state index contributed by atoms with van der Waals surface area (Å²) in [6.07, 6.45) is 2.16. The first kappa shape index (κ1) is 23.2. The lowest BCUT2D eigenvalue weighted by Crippen LogP contribution is -2.38. The van der Waals surface area contributed by atoms with Crippen LogP contribution in [0.2, 0.25) is 0 Å². The van der Waals surface area contributed by atoms with E-state index in [9.17, 15) is 4.79 Å². The number of rotatable bonds is 10. The van der Waals surface area contributed by atoms with Crippen LogP contribution < -0.4 is 16.2 Å². The van der Waals surface area contributed by atoms with E-state index in [1.54, 1.807) is 11.7 Å². The molecule has 3 aromatic rings. The normalized spacial score (nSPS) is 14.9. The molecule has 0 spiro atoms. The van der Waals surface area contributed by atoms with Crippen LogP contribution in [0.15, 0.2) is 29.1 Å². The topological polar surface area (TPSA) is 121 Å². The second-order valence-corrected chi connectivity index (χ2v) is 8.17. The highest BCUT2D eigenvalue weighted by molar-refractivity contribution is 5.81. The molecule has 0 bridgehead atoms. The monoisotopic (exact) mass is 456 g/mol. The van der Waals surface area contributed by atoms with Crippen LogP contribution in [-0.4, -0.2) is 70.5 Å². The molecule has 178 valence electrons. The van der Waals surface area contributed by atoms with Crippen LogP contribution in [0.4, 0.5) is 5.82 Å². The number of nitrogens with two attached hydrogens (primary N) is 1. The van der Waals surface area contributed by atoms with Crippen molar-refractivity contribution < 1.29 is 14.2 Å². The standard InChI is InChI=1S/C23H32N6O4/c1-3-28(18-8-10-32-11-9-18)14-16-4-6-17(7-5-16)15-29-21-19(25-23(29)30)20(24)26-22(27-21)33-13-12-31-2/h4-7,18H,3,8-15H2,1-2H3,(H,25,30)(H2,24,26,27). The minimum absolute atomic E-state index is 0.118. The summed E-state index contributed by atoms with van der Waals surface area (Å²) in [4.78, 5) is 26.4. The fourth-order valence-electron chi connectivity index (χ4n) is 4.17. The highest BCUT2D eigenvalue weighted by Crippen LogP contribution is 2.20. The minimum atomic E-state index is -0.291. The number of benzene rings is 1. The molecule has 0 radical (unpaired) electrons. The van der Waals surface area contributed by atoms with Crippen molar-refractivity contribution in [2.24, 2.45) is 0 Å². The summed E-state index contributed by atoms with van der Waals surface area (Å²) in [5.74, 6) is 0.173. The number of aromatic amines is 1. The van der Waals surface area contributed by atoms with Gasteiger partial charge in [-0.15, -0.1) is 0 Å². The van der Waals surface area contributed by atoms with Gasteiger partial charge in [0.05, 0.1) is 13.2 Å². The number of methoxy groups -OCH3 is 1. The van der Waals surface area contributed by atoms with Crippen LogP contribution in [0, 0.1) is 0 Å². The van der Waals surface area contributed by atoms with Gasteiger partial charge in [-0.25, -0.2) is 4.79 Å². The van der Waals surface area contributed by atoms with E-state index < -0.39 is 0 Å². The summed E-state index contributed by atoms with van der Waals surface area (Å²) >= 11 is 0. The maximum Gasteiger partial charge on any atom is 0.328 e. The number of anilines is 1. The Bertz CT molecular complexity index is 1100. The zero-order valence-corrected chi connectivity index (χ0v) is 19.2. The van der Waals surface area contributed by atoms with Gasteiger partial charge >= 0.3 is 11.7 Å². The Morgan fingerprint density at radius 2 is 1.91 bits per heavy atom. The number of hydrogen-bond acceptors (Lipinski definition) is 8. The third-order valence-electron chi connectivity index (χ3n) is 6.01. The number of fused-ring (bicyclic) bond motifs is 1. The average Bonchev–Trinajstić information content (AvgIpc) is 3.15. The van der Waals surface area contributed by atoms with Crippen molar-refractivity contribution >= 4 is 17.0 Å². The zero-order valence-electron chi connectivity index (χ0n) is 19.2. The van der Waals surface area contributed by atoms with E-state index in [-0.39, 0.29) is 17.5 Å². The van der Waals surface area contributed by atoms with Crippen molar-refractivity contribution in [3.63, 3.8) is 0 Å². The first-order valence-corrected chi connectivity index (χ1v) is 11.4. The van der Waals surface area contributed by atoms with Gasteiger partial charge in [-0.05, 0) is 30.5 Å². The molecule has 10 heteroatoms. The lowest BCUT2D eigenvalue weighted by molar-refractivity contribution is 0.0330. The zero-order chi connectivity index (χ0) is 23.2. The molecule has 10 nitrogen and oxygen atoms in total. The SMILES string of the molecule is CCN(Cc1ccc(Cn2c(=O)[nH]c3c(N)nc(OCCOC)nc32)cc1)C1CCOCC1. The van der Waals surface area contributed by atoms with Crippen molar-refractivity contribution in [2.75, 3.05) is 45.8 Å². The Morgan fingerprint density at radius 3 is 2.61 bits per heavy atom. The van der Waals surface area contributed by atoms with E-state index in [4.69, 9.17) is 19.9 Å². The molecular formula is C23H32N6O4. The van der Waals surface area contributed by atoms with Crippen molar-refractivity contribution in [1.29, 1.82) is 0 Å². The summed E-state index contributed by atoms with van der Waals surface area (Å²) in [6.45, 7) is 6.85. The van der Waals surface area contributed by atoms with Crippen LogP contribution in [0.5, 0.6) is 6.01 Å². The highest BCUT2D eigenvalue weighted by atomic mass is 16.5. The van der Waals surface area contributed by atoms with Gasteiger partial charge in [-0.2, -0.15) is 9.97 Å². The fourth-order valence-corrected chi connectivity index (χ4v) is 4.17. The lowest BCUT2D eigenvalue weighted by Gasteiger charge is -2.33. The van der Waals surface area contributed by atoms with Crippen molar-refractivity contribution in [2.45, 2.75) is 38.9 Å². The number of ether oxygens (including phenoxy) is 3. The molecule has 3 N–H and O–H groups in total. The molecule has 4 rings (SSSR count). The van der Waals surface area contributed by atoms with Crippen molar-refractivity contribution in [3.05, 3.63) is 45.9 Å². The molecule has 3 heterocycles. The van der Waals surface area contributed by atoms with Gasteiger partial charge in [0.1, 0.15) is 12.1 Å². The smallest absolute Gasteiger partial charge is 0.328 e. The maximum atomic E-state index is 12.6. The second kappa shape index (κ2) is 10.8. The number of aromatic nitrogens is 4. The Morgan fingerprint density at radius 1 is 1.18 bits per heavy atom. The number of imidazole rings is 1. The Balaban J connectivity index is 1.49. The van der Waals surface area contributed by atoms with E-state index in [1.807, 2.05) is 0 Å². The van der Waals surface area contributed by atoms with Gasteiger partial charge in [-0.3, -0.25) is 9.47 Å². The molecule has 0 saturated carbocycles. The molecule has 0 atom stereocenters. The van der Waals surface area contributed by atoms with Gasteiger partial charge in [0.25, 0.3) is 0 Å². The van der Waals surface area contributed by atoms with E-state index in [0.29, 0.717) is 37.0 Å². The van der Waals surface area contributed by atoms with E-state index >= 15 is 0 Å². The van der Waals surface area contributed by atoms with E-state index in [0.717, 1.165) is 44.7 Å². The first-order chi connectivity index (χ1) is 16.1. The summed E-state index contributed by atoms with van der Waals surface area (Å²) in [5.41, 5.74) is 8.80. The quantitative estimate of drug-likeness (QED) is 0.443. The molecule has 1 aliphatic heterocycles. The largest absolute Gasteiger partial charge is 0.461 e. The van der Waals surface area contributed by atoms with Crippen molar-refractivity contribution in [3.8, 4) is 6.01 Å². The molecule has 0 aliphatic carbocycles. The van der Waals surface area contributed by atoms with Crippen LogP contribution in [0.3, 0.4) is 0 Å². The van der Waals surface area contributed by atoms with Crippen molar-refractivity contribution in [1.82, 2.24) is 24.4 Å². The molecule has 1 aromatic carbocycles. The number of H-pyrrole nitrogens is 1. The maximum absolute atomic E-state index is 12.6. The van der Waals surface area contributed by atoms with Crippen LogP contribution in [-0.2, 0) is 22.6 Å². The molecule has 1 saturated heterocycles. The Hall–Kier alpha value is -2.95. The Kier molecular flexibility index (Phi) is 7.58. The molecule has 1 aliphatic rings. The molecule has 33 heavy (non-hydrogen) atoms.